The number of benzene rings is 2. The minimum atomic E-state index is 0.349. The smallest absolute Gasteiger partial charge is 0.118 e. The van der Waals surface area contributed by atoms with E-state index in [1.165, 1.54) is 11.3 Å². The molecule has 0 saturated heterocycles. The van der Waals surface area contributed by atoms with Gasteiger partial charge < -0.3 is 9.64 Å². The van der Waals surface area contributed by atoms with Crippen LogP contribution in [0.15, 0.2) is 48.5 Å². The van der Waals surface area contributed by atoms with E-state index in [0.717, 1.165) is 23.7 Å². The van der Waals surface area contributed by atoms with E-state index in [-0.39, 0.29) is 0 Å². The van der Waals surface area contributed by atoms with E-state index >= 15 is 0 Å². The van der Waals surface area contributed by atoms with Crippen LogP contribution in [0.25, 0.3) is 0 Å². The molecule has 2 rings (SSSR count). The molecule has 0 radical (unpaired) electrons. The number of methoxy groups -OCH3 is 1. The summed E-state index contributed by atoms with van der Waals surface area (Å²) in [5.74, 6) is 0.892. The summed E-state index contributed by atoms with van der Waals surface area (Å²) >= 11 is 5.99. The summed E-state index contributed by atoms with van der Waals surface area (Å²) in [5, 5.41) is 0.771. The normalized spacial score (nSPS) is 12.0. The van der Waals surface area contributed by atoms with Gasteiger partial charge in [-0.05, 0) is 55.3 Å². The quantitative estimate of drug-likeness (QED) is 0.715. The molecule has 2 aromatic rings. The van der Waals surface area contributed by atoms with Gasteiger partial charge in [0, 0.05) is 17.3 Å². The standard InChI is InChI=1S/C18H22ClNO/c1-4-18(14-6-12-17(21-3)13-7-14)20(5-2)16-10-8-15(19)9-11-16/h6-13,18H,4-5H2,1-3H3/t18-/m0/s1. The fraction of sp³-hybridized carbons (Fsp3) is 0.333. The van der Waals surface area contributed by atoms with E-state index in [0.29, 0.717) is 6.04 Å². The minimum absolute atomic E-state index is 0.349. The number of hydrogen-bond acceptors (Lipinski definition) is 2. The van der Waals surface area contributed by atoms with Crippen molar-refractivity contribution in [1.82, 2.24) is 0 Å². The first-order chi connectivity index (χ1) is 10.2. The summed E-state index contributed by atoms with van der Waals surface area (Å²) in [6, 6.07) is 16.7. The number of nitrogens with zero attached hydrogens (tertiary/aromatic N) is 1. The monoisotopic (exact) mass is 303 g/mol. The van der Waals surface area contributed by atoms with Crippen molar-refractivity contribution in [2.45, 2.75) is 26.3 Å². The van der Waals surface area contributed by atoms with E-state index in [1.807, 2.05) is 24.3 Å². The molecule has 0 spiro atoms. The van der Waals surface area contributed by atoms with Gasteiger partial charge in [0.1, 0.15) is 5.75 Å². The Morgan fingerprint density at radius 1 is 1.00 bits per heavy atom. The van der Waals surface area contributed by atoms with Crippen LogP contribution in [0, 0.1) is 0 Å². The molecule has 0 unspecified atom stereocenters. The summed E-state index contributed by atoms with van der Waals surface area (Å²) in [7, 11) is 1.69. The van der Waals surface area contributed by atoms with Crippen molar-refractivity contribution >= 4 is 17.3 Å². The second-order valence-corrected chi connectivity index (χ2v) is 5.40. The molecule has 0 bridgehead atoms. The SMILES string of the molecule is CC[C@@H](c1ccc(OC)cc1)N(CC)c1ccc(Cl)cc1. The Morgan fingerprint density at radius 2 is 1.62 bits per heavy atom. The van der Waals surface area contributed by atoms with Crippen LogP contribution in [0.2, 0.25) is 5.02 Å². The third-order valence-corrected chi connectivity index (χ3v) is 4.01. The third kappa shape index (κ3) is 3.70. The molecule has 2 nitrogen and oxygen atoms in total. The van der Waals surface area contributed by atoms with E-state index in [2.05, 4.69) is 43.0 Å². The van der Waals surface area contributed by atoms with Crippen LogP contribution < -0.4 is 9.64 Å². The van der Waals surface area contributed by atoms with Gasteiger partial charge in [0.05, 0.1) is 13.2 Å². The molecule has 0 aromatic heterocycles. The maximum atomic E-state index is 5.99. The third-order valence-electron chi connectivity index (χ3n) is 3.76. The van der Waals surface area contributed by atoms with Crippen molar-refractivity contribution in [3.63, 3.8) is 0 Å². The van der Waals surface area contributed by atoms with Crippen molar-refractivity contribution in [3.05, 3.63) is 59.1 Å². The molecule has 0 aliphatic rings. The first-order valence-electron chi connectivity index (χ1n) is 7.35. The maximum absolute atomic E-state index is 5.99. The molecule has 112 valence electrons. The zero-order valence-electron chi connectivity index (χ0n) is 12.8. The Labute approximate surface area is 132 Å². The fourth-order valence-corrected chi connectivity index (χ4v) is 2.80. The summed E-state index contributed by atoms with van der Waals surface area (Å²) in [6.07, 6.45) is 1.04. The highest BCUT2D eigenvalue weighted by Gasteiger charge is 2.17. The summed E-state index contributed by atoms with van der Waals surface area (Å²) < 4.78 is 5.24. The van der Waals surface area contributed by atoms with Crippen LogP contribution in [0.5, 0.6) is 5.75 Å². The summed E-state index contributed by atoms with van der Waals surface area (Å²) in [5.41, 5.74) is 2.50. The average molecular weight is 304 g/mol. The van der Waals surface area contributed by atoms with Gasteiger partial charge in [-0.15, -0.1) is 0 Å². The molecule has 0 aliphatic carbocycles. The maximum Gasteiger partial charge on any atom is 0.118 e. The van der Waals surface area contributed by atoms with E-state index in [9.17, 15) is 0 Å². The molecule has 0 fully saturated rings. The molecule has 3 heteroatoms. The Balaban J connectivity index is 2.29. The van der Waals surface area contributed by atoms with E-state index < -0.39 is 0 Å². The van der Waals surface area contributed by atoms with Gasteiger partial charge in [0.25, 0.3) is 0 Å². The minimum Gasteiger partial charge on any atom is -0.497 e. The lowest BCUT2D eigenvalue weighted by Crippen LogP contribution is -2.28. The number of rotatable bonds is 6. The highest BCUT2D eigenvalue weighted by Crippen LogP contribution is 2.31. The van der Waals surface area contributed by atoms with Gasteiger partial charge in [-0.3, -0.25) is 0 Å². The van der Waals surface area contributed by atoms with E-state index in [1.54, 1.807) is 7.11 Å². The average Bonchev–Trinajstić information content (AvgIpc) is 2.54. The Morgan fingerprint density at radius 3 is 2.10 bits per heavy atom. The van der Waals surface area contributed by atoms with Crippen LogP contribution in [-0.2, 0) is 0 Å². The van der Waals surface area contributed by atoms with Gasteiger partial charge in [-0.25, -0.2) is 0 Å². The van der Waals surface area contributed by atoms with Crippen molar-refractivity contribution in [1.29, 1.82) is 0 Å². The summed E-state index contributed by atoms with van der Waals surface area (Å²) in [4.78, 5) is 2.40. The summed E-state index contributed by atoms with van der Waals surface area (Å²) in [6.45, 7) is 5.35. The van der Waals surface area contributed by atoms with Crippen LogP contribution in [0.1, 0.15) is 31.9 Å². The van der Waals surface area contributed by atoms with Gasteiger partial charge in [0.2, 0.25) is 0 Å². The second kappa shape index (κ2) is 7.37. The van der Waals surface area contributed by atoms with Crippen LogP contribution in [0.3, 0.4) is 0 Å². The first-order valence-corrected chi connectivity index (χ1v) is 7.73. The molecule has 0 heterocycles. The topological polar surface area (TPSA) is 12.5 Å². The first kappa shape index (κ1) is 15.7. The Bertz CT molecular complexity index is 550. The highest BCUT2D eigenvalue weighted by atomic mass is 35.5. The van der Waals surface area contributed by atoms with Crippen molar-refractivity contribution in [2.24, 2.45) is 0 Å². The molecule has 2 aromatic carbocycles. The van der Waals surface area contributed by atoms with Gasteiger partial charge in [-0.2, -0.15) is 0 Å². The predicted molar refractivity (Wildman–Crippen MR) is 90.5 cm³/mol. The van der Waals surface area contributed by atoms with Crippen LogP contribution in [-0.4, -0.2) is 13.7 Å². The molecular formula is C18H22ClNO. The highest BCUT2D eigenvalue weighted by molar-refractivity contribution is 6.30. The molecule has 21 heavy (non-hydrogen) atoms. The largest absolute Gasteiger partial charge is 0.497 e. The molecule has 0 aliphatic heterocycles. The molecular weight excluding hydrogens is 282 g/mol. The molecule has 0 saturated carbocycles. The Kier molecular flexibility index (Phi) is 5.51. The molecule has 0 amide bonds. The van der Waals surface area contributed by atoms with Crippen molar-refractivity contribution < 1.29 is 4.74 Å². The van der Waals surface area contributed by atoms with Crippen LogP contribution in [0.4, 0.5) is 5.69 Å². The van der Waals surface area contributed by atoms with Crippen LogP contribution >= 0.6 is 11.6 Å². The number of hydrogen-bond donors (Lipinski definition) is 0. The van der Waals surface area contributed by atoms with Crippen molar-refractivity contribution in [2.75, 3.05) is 18.6 Å². The molecule has 0 N–H and O–H groups in total. The number of anilines is 1. The second-order valence-electron chi connectivity index (χ2n) is 4.96. The molecule has 1 atom stereocenters. The zero-order chi connectivity index (χ0) is 15.2. The lowest BCUT2D eigenvalue weighted by atomic mass is 10.0. The predicted octanol–water partition coefficient (Wildman–Crippen LogP) is 5.33. The van der Waals surface area contributed by atoms with E-state index in [4.69, 9.17) is 16.3 Å². The number of ether oxygens (including phenoxy) is 1. The lowest BCUT2D eigenvalue weighted by Gasteiger charge is -2.32. The van der Waals surface area contributed by atoms with Gasteiger partial charge >= 0.3 is 0 Å². The zero-order valence-corrected chi connectivity index (χ0v) is 13.6. The number of halogens is 1. The fourth-order valence-electron chi connectivity index (χ4n) is 2.68. The van der Waals surface area contributed by atoms with Gasteiger partial charge in [0.15, 0.2) is 0 Å². The lowest BCUT2D eigenvalue weighted by molar-refractivity contribution is 0.414. The van der Waals surface area contributed by atoms with Gasteiger partial charge in [-0.1, -0.05) is 30.7 Å². The Hall–Kier alpha value is -1.67. The van der Waals surface area contributed by atoms with Crippen molar-refractivity contribution in [3.8, 4) is 5.75 Å².